The third-order valence-corrected chi connectivity index (χ3v) is 2.37. The first kappa shape index (κ1) is 11.1. The van der Waals surface area contributed by atoms with Crippen LogP contribution in [-0.2, 0) is 0 Å². The fourth-order valence-electron chi connectivity index (χ4n) is 1.55. The van der Waals surface area contributed by atoms with Gasteiger partial charge in [0.05, 0.1) is 29.3 Å². The van der Waals surface area contributed by atoms with Crippen molar-refractivity contribution in [2.45, 2.75) is 6.92 Å². The number of pyridine rings is 1. The summed E-state index contributed by atoms with van der Waals surface area (Å²) in [5.74, 6) is -0.415. The molecule has 4 heteroatoms. The highest BCUT2D eigenvalue weighted by molar-refractivity contribution is 5.69. The number of hydrogen-bond donors (Lipinski definition) is 1. The zero-order valence-corrected chi connectivity index (χ0v) is 9.24. The summed E-state index contributed by atoms with van der Waals surface area (Å²) in [5, 5.41) is 12.0. The normalized spacial score (nSPS) is 9.71. The first-order chi connectivity index (χ1) is 8.20. The van der Waals surface area contributed by atoms with Crippen molar-refractivity contribution in [1.29, 1.82) is 5.26 Å². The summed E-state index contributed by atoms with van der Waals surface area (Å²) in [6, 6.07) is 8.83. The van der Waals surface area contributed by atoms with Gasteiger partial charge in [-0.25, -0.2) is 4.39 Å². The largest absolute Gasteiger partial charge is 0.353 e. The first-order valence-electron chi connectivity index (χ1n) is 5.08. The van der Waals surface area contributed by atoms with Crippen LogP contribution in [0.1, 0.15) is 11.1 Å². The van der Waals surface area contributed by atoms with Crippen molar-refractivity contribution in [2.75, 3.05) is 5.32 Å². The average Bonchev–Trinajstić information content (AvgIpc) is 2.32. The molecule has 1 heterocycles. The number of benzene rings is 1. The van der Waals surface area contributed by atoms with Gasteiger partial charge in [0.25, 0.3) is 0 Å². The number of nitriles is 1. The molecule has 0 aliphatic heterocycles. The minimum Gasteiger partial charge on any atom is -0.353 e. The molecular weight excluding hydrogens is 217 g/mol. The Hall–Kier alpha value is -2.41. The van der Waals surface area contributed by atoms with Gasteiger partial charge < -0.3 is 5.32 Å². The summed E-state index contributed by atoms with van der Waals surface area (Å²) < 4.78 is 13.0. The highest BCUT2D eigenvalue weighted by Crippen LogP contribution is 2.24. The van der Waals surface area contributed by atoms with Crippen molar-refractivity contribution < 1.29 is 4.39 Å². The lowest BCUT2D eigenvalue weighted by molar-refractivity contribution is 0.622. The lowest BCUT2D eigenvalue weighted by Crippen LogP contribution is -1.97. The number of rotatable bonds is 2. The van der Waals surface area contributed by atoms with Gasteiger partial charge >= 0.3 is 0 Å². The van der Waals surface area contributed by atoms with Crippen LogP contribution in [0.4, 0.5) is 15.8 Å². The van der Waals surface area contributed by atoms with Crippen LogP contribution >= 0.6 is 0 Å². The lowest BCUT2D eigenvalue weighted by atomic mass is 10.1. The average molecular weight is 227 g/mol. The van der Waals surface area contributed by atoms with Crippen LogP contribution in [0, 0.1) is 24.1 Å². The fraction of sp³-hybridized carbons (Fsp3) is 0.0769. The maximum absolute atomic E-state index is 13.0. The quantitative estimate of drug-likeness (QED) is 0.857. The van der Waals surface area contributed by atoms with Gasteiger partial charge in [-0.05, 0) is 18.6 Å². The number of hydrogen-bond acceptors (Lipinski definition) is 3. The maximum atomic E-state index is 13.0. The molecule has 0 amide bonds. The zero-order valence-electron chi connectivity index (χ0n) is 9.24. The molecule has 0 aliphatic rings. The van der Waals surface area contributed by atoms with E-state index in [0.717, 1.165) is 11.8 Å². The Morgan fingerprint density at radius 2 is 2.18 bits per heavy atom. The van der Waals surface area contributed by atoms with E-state index in [-0.39, 0.29) is 0 Å². The van der Waals surface area contributed by atoms with Gasteiger partial charge in [0.15, 0.2) is 0 Å². The molecule has 0 fully saturated rings. The number of halogens is 1. The third-order valence-electron chi connectivity index (χ3n) is 2.37. The van der Waals surface area contributed by atoms with Gasteiger partial charge in [-0.15, -0.1) is 0 Å². The summed E-state index contributed by atoms with van der Waals surface area (Å²) in [7, 11) is 0. The molecule has 1 N–H and O–H groups in total. The first-order valence-corrected chi connectivity index (χ1v) is 5.08. The fourth-order valence-corrected chi connectivity index (χ4v) is 1.55. The van der Waals surface area contributed by atoms with Crippen molar-refractivity contribution in [3.8, 4) is 6.07 Å². The Morgan fingerprint density at radius 1 is 1.35 bits per heavy atom. The van der Waals surface area contributed by atoms with E-state index in [4.69, 9.17) is 5.26 Å². The molecule has 84 valence electrons. The second kappa shape index (κ2) is 4.62. The summed E-state index contributed by atoms with van der Waals surface area (Å²) in [5.41, 5.74) is 2.65. The Labute approximate surface area is 98.5 Å². The molecule has 0 saturated heterocycles. The van der Waals surface area contributed by atoms with Crippen molar-refractivity contribution in [1.82, 2.24) is 4.98 Å². The second-order valence-electron chi connectivity index (χ2n) is 3.63. The van der Waals surface area contributed by atoms with E-state index in [0.29, 0.717) is 16.9 Å². The molecule has 1 aromatic heterocycles. The van der Waals surface area contributed by atoms with Crippen molar-refractivity contribution in [2.24, 2.45) is 0 Å². The predicted molar refractivity (Wildman–Crippen MR) is 63.4 cm³/mol. The molecule has 0 aliphatic carbocycles. The highest BCUT2D eigenvalue weighted by atomic mass is 19.1. The molecule has 1 aromatic carbocycles. The molecule has 0 radical (unpaired) electrons. The smallest absolute Gasteiger partial charge is 0.143 e. The second-order valence-corrected chi connectivity index (χ2v) is 3.63. The number of nitrogens with zero attached hydrogens (tertiary/aromatic N) is 2. The molecule has 0 atom stereocenters. The van der Waals surface area contributed by atoms with Crippen LogP contribution in [0.3, 0.4) is 0 Å². The topological polar surface area (TPSA) is 48.7 Å². The molecule has 3 nitrogen and oxygen atoms in total. The molecule has 17 heavy (non-hydrogen) atoms. The van der Waals surface area contributed by atoms with Crippen LogP contribution in [0.5, 0.6) is 0 Å². The van der Waals surface area contributed by atoms with Gasteiger partial charge in [0.2, 0.25) is 0 Å². The van der Waals surface area contributed by atoms with E-state index < -0.39 is 5.82 Å². The monoisotopic (exact) mass is 227 g/mol. The van der Waals surface area contributed by atoms with Gasteiger partial charge in [-0.1, -0.05) is 12.1 Å². The Kier molecular flexibility index (Phi) is 3.01. The number of aromatic nitrogens is 1. The molecule has 2 rings (SSSR count). The van der Waals surface area contributed by atoms with Crippen molar-refractivity contribution >= 4 is 11.4 Å². The zero-order chi connectivity index (χ0) is 12.3. The standard InChI is InChI=1S/C13H10FN3/c1-9-3-2-4-10(6-15)13(9)17-12-5-11(14)7-16-8-12/h2-5,7-8,17H,1H3. The van der Waals surface area contributed by atoms with E-state index in [1.165, 1.54) is 12.3 Å². The van der Waals surface area contributed by atoms with Crippen molar-refractivity contribution in [3.63, 3.8) is 0 Å². The number of aryl methyl sites for hydroxylation is 1. The SMILES string of the molecule is Cc1cccc(C#N)c1Nc1cncc(F)c1. The maximum Gasteiger partial charge on any atom is 0.143 e. The Morgan fingerprint density at radius 3 is 2.88 bits per heavy atom. The van der Waals surface area contributed by atoms with Gasteiger partial charge in [-0.2, -0.15) is 5.26 Å². The van der Waals surface area contributed by atoms with E-state index in [1.54, 1.807) is 6.07 Å². The van der Waals surface area contributed by atoms with E-state index in [1.807, 2.05) is 19.1 Å². The third kappa shape index (κ3) is 2.40. The van der Waals surface area contributed by atoms with Gasteiger partial charge in [0, 0.05) is 6.07 Å². The summed E-state index contributed by atoms with van der Waals surface area (Å²) in [6.07, 6.45) is 2.64. The number of para-hydroxylation sites is 1. The van der Waals surface area contributed by atoms with E-state index >= 15 is 0 Å². The number of anilines is 2. The van der Waals surface area contributed by atoms with Crippen LogP contribution in [-0.4, -0.2) is 4.98 Å². The van der Waals surface area contributed by atoms with E-state index in [2.05, 4.69) is 16.4 Å². The summed E-state index contributed by atoms with van der Waals surface area (Å²) >= 11 is 0. The lowest BCUT2D eigenvalue weighted by Gasteiger charge is -2.10. The van der Waals surface area contributed by atoms with Crippen LogP contribution in [0.25, 0.3) is 0 Å². The van der Waals surface area contributed by atoms with Crippen molar-refractivity contribution in [3.05, 3.63) is 53.6 Å². The molecule has 2 aromatic rings. The van der Waals surface area contributed by atoms with E-state index in [9.17, 15) is 4.39 Å². The molecular formula is C13H10FN3. The molecule has 0 spiro atoms. The van der Waals surface area contributed by atoms with Crippen LogP contribution in [0.2, 0.25) is 0 Å². The van der Waals surface area contributed by atoms with Gasteiger partial charge in [-0.3, -0.25) is 4.98 Å². The number of nitrogens with one attached hydrogen (secondary N) is 1. The highest BCUT2D eigenvalue weighted by Gasteiger charge is 2.05. The Balaban J connectivity index is 2.40. The Bertz CT molecular complexity index is 587. The molecule has 0 saturated carbocycles. The minimum atomic E-state index is -0.415. The summed E-state index contributed by atoms with van der Waals surface area (Å²) in [4.78, 5) is 3.75. The molecule has 0 bridgehead atoms. The minimum absolute atomic E-state index is 0.415. The van der Waals surface area contributed by atoms with Gasteiger partial charge in [0.1, 0.15) is 11.9 Å². The van der Waals surface area contributed by atoms with Crippen LogP contribution in [0.15, 0.2) is 36.7 Å². The predicted octanol–water partition coefficient (Wildman–Crippen LogP) is 3.14. The molecule has 0 unspecified atom stereocenters. The summed E-state index contributed by atoms with van der Waals surface area (Å²) in [6.45, 7) is 1.88. The van der Waals surface area contributed by atoms with Crippen LogP contribution < -0.4 is 5.32 Å².